The van der Waals surface area contributed by atoms with E-state index >= 15 is 0 Å². The number of hydrogen-bond acceptors (Lipinski definition) is 2. The molecule has 2 nitrogen and oxygen atoms in total. The first-order chi connectivity index (χ1) is 14.8. The summed E-state index contributed by atoms with van der Waals surface area (Å²) in [5, 5.41) is 21.3. The van der Waals surface area contributed by atoms with Gasteiger partial charge in [0.25, 0.3) is 0 Å². The SMILES string of the molecule is CC1(C)CCC2(Cl)CCC3(C)C(=CCC4C5(C)CCC(O)C(C)(CO)C5CCC43C)C2C1. The highest BCUT2D eigenvalue weighted by molar-refractivity contribution is 6.24. The number of rotatable bonds is 1. The Bertz CT molecular complexity index is 820. The van der Waals surface area contributed by atoms with Crippen LogP contribution in [-0.2, 0) is 0 Å². The van der Waals surface area contributed by atoms with Crippen LogP contribution in [0.15, 0.2) is 11.6 Å². The highest BCUT2D eigenvalue weighted by Gasteiger charge is 2.68. The van der Waals surface area contributed by atoms with Crippen LogP contribution in [0.1, 0.15) is 106 Å². The first-order valence-electron chi connectivity index (χ1n) is 13.4. The molecule has 5 aliphatic rings. The molecule has 0 aromatic carbocycles. The van der Waals surface area contributed by atoms with Gasteiger partial charge in [0, 0.05) is 11.3 Å². The quantitative estimate of drug-likeness (QED) is 0.322. The molecular weight excluding hydrogens is 416 g/mol. The Hall–Kier alpha value is -0.0500. The van der Waals surface area contributed by atoms with Gasteiger partial charge in [0.05, 0.1) is 17.6 Å². The minimum absolute atomic E-state index is 0.0322. The van der Waals surface area contributed by atoms with Gasteiger partial charge in [-0.25, -0.2) is 0 Å². The first-order valence-corrected chi connectivity index (χ1v) is 13.8. The third kappa shape index (κ3) is 2.84. The molecular formula is C29H47ClO2. The van der Waals surface area contributed by atoms with Crippen LogP contribution in [0.2, 0.25) is 0 Å². The molecule has 4 fully saturated rings. The van der Waals surface area contributed by atoms with Crippen molar-refractivity contribution in [2.45, 2.75) is 117 Å². The van der Waals surface area contributed by atoms with Crippen LogP contribution in [0.25, 0.3) is 0 Å². The molecule has 0 amide bonds. The van der Waals surface area contributed by atoms with Crippen molar-refractivity contribution in [1.82, 2.24) is 0 Å². The summed E-state index contributed by atoms with van der Waals surface area (Å²) in [6, 6.07) is 0. The van der Waals surface area contributed by atoms with E-state index in [-0.39, 0.29) is 39.2 Å². The number of hydrogen-bond donors (Lipinski definition) is 2. The third-order valence-electron chi connectivity index (χ3n) is 12.7. The molecule has 5 rings (SSSR count). The van der Waals surface area contributed by atoms with E-state index in [1.165, 1.54) is 25.7 Å². The molecule has 9 unspecified atom stereocenters. The van der Waals surface area contributed by atoms with Gasteiger partial charge in [0.1, 0.15) is 0 Å². The molecule has 182 valence electrons. The Labute approximate surface area is 201 Å². The number of aliphatic hydroxyl groups is 2. The lowest BCUT2D eigenvalue weighted by molar-refractivity contribution is -0.212. The van der Waals surface area contributed by atoms with E-state index < -0.39 is 0 Å². The molecule has 9 atom stereocenters. The average molecular weight is 463 g/mol. The zero-order valence-corrected chi connectivity index (χ0v) is 22.2. The maximum Gasteiger partial charge on any atom is 0.0618 e. The van der Waals surface area contributed by atoms with Gasteiger partial charge in [0.2, 0.25) is 0 Å². The van der Waals surface area contributed by atoms with Crippen LogP contribution in [0.5, 0.6) is 0 Å². The largest absolute Gasteiger partial charge is 0.396 e. The zero-order valence-electron chi connectivity index (χ0n) is 21.4. The van der Waals surface area contributed by atoms with Gasteiger partial charge < -0.3 is 10.2 Å². The van der Waals surface area contributed by atoms with Gasteiger partial charge in [-0.3, -0.25) is 0 Å². The molecule has 2 N–H and O–H groups in total. The fourth-order valence-electron chi connectivity index (χ4n) is 10.2. The molecule has 0 aromatic rings. The Kier molecular flexibility index (Phi) is 5.18. The summed E-state index contributed by atoms with van der Waals surface area (Å²) in [5.41, 5.74) is 2.37. The second-order valence-corrected chi connectivity index (χ2v) is 15.2. The van der Waals surface area contributed by atoms with Gasteiger partial charge in [-0.1, -0.05) is 53.2 Å². The van der Waals surface area contributed by atoms with Crippen molar-refractivity contribution in [2.75, 3.05) is 6.61 Å². The van der Waals surface area contributed by atoms with Crippen molar-refractivity contribution in [3.05, 3.63) is 11.6 Å². The van der Waals surface area contributed by atoms with Crippen molar-refractivity contribution < 1.29 is 10.2 Å². The van der Waals surface area contributed by atoms with E-state index in [0.717, 1.165) is 38.5 Å². The second kappa shape index (κ2) is 7.01. The van der Waals surface area contributed by atoms with Gasteiger partial charge >= 0.3 is 0 Å². The predicted molar refractivity (Wildman–Crippen MR) is 133 cm³/mol. The van der Waals surface area contributed by atoms with E-state index in [0.29, 0.717) is 23.2 Å². The Morgan fingerprint density at radius 3 is 2.28 bits per heavy atom. The lowest BCUT2D eigenvalue weighted by Crippen LogP contribution is -2.65. The molecule has 0 bridgehead atoms. The molecule has 0 heterocycles. The molecule has 0 spiro atoms. The monoisotopic (exact) mass is 462 g/mol. The number of alkyl halides is 1. The van der Waals surface area contributed by atoms with Crippen LogP contribution in [0.4, 0.5) is 0 Å². The van der Waals surface area contributed by atoms with Crippen LogP contribution >= 0.6 is 11.6 Å². The van der Waals surface area contributed by atoms with Gasteiger partial charge in [-0.05, 0) is 97.7 Å². The van der Waals surface area contributed by atoms with Crippen LogP contribution < -0.4 is 0 Å². The van der Waals surface area contributed by atoms with Crippen molar-refractivity contribution in [3.8, 4) is 0 Å². The summed E-state index contributed by atoms with van der Waals surface area (Å²) in [4.78, 5) is -0.0322. The normalized spacial score (nSPS) is 56.8. The Balaban J connectivity index is 1.57. The van der Waals surface area contributed by atoms with Crippen LogP contribution in [0, 0.1) is 44.8 Å². The maximum atomic E-state index is 10.9. The second-order valence-electron chi connectivity index (χ2n) is 14.5. The van der Waals surface area contributed by atoms with Crippen LogP contribution in [-0.4, -0.2) is 27.8 Å². The highest BCUT2D eigenvalue weighted by Crippen LogP contribution is 2.75. The standard InChI is InChI=1S/C29H47ClO2/c1-24(2)13-15-29(30)16-14-27(5)19(20(29)17-24)7-8-22-25(3)11-10-23(32)26(4,18-31)21(25)9-12-28(22,27)6/h7,20-23,31-32H,8-18H2,1-6H3. The van der Waals surface area contributed by atoms with Gasteiger partial charge in [0.15, 0.2) is 0 Å². The smallest absolute Gasteiger partial charge is 0.0618 e. The molecule has 5 aliphatic carbocycles. The number of aliphatic hydroxyl groups excluding tert-OH is 2. The van der Waals surface area contributed by atoms with E-state index in [4.69, 9.17) is 11.6 Å². The summed E-state index contributed by atoms with van der Waals surface area (Å²) in [7, 11) is 0. The minimum Gasteiger partial charge on any atom is -0.396 e. The molecule has 3 heteroatoms. The summed E-state index contributed by atoms with van der Waals surface area (Å²) in [6.45, 7) is 14.9. The predicted octanol–water partition coefficient (Wildman–Crippen LogP) is 7.11. The zero-order chi connectivity index (χ0) is 23.4. The summed E-state index contributed by atoms with van der Waals surface area (Å²) >= 11 is 7.42. The molecule has 0 saturated heterocycles. The lowest BCUT2D eigenvalue weighted by Gasteiger charge is -2.71. The van der Waals surface area contributed by atoms with Crippen LogP contribution in [0.3, 0.4) is 0 Å². The topological polar surface area (TPSA) is 40.5 Å². The van der Waals surface area contributed by atoms with E-state index in [1.54, 1.807) is 5.57 Å². The van der Waals surface area contributed by atoms with E-state index in [2.05, 4.69) is 47.6 Å². The van der Waals surface area contributed by atoms with Crippen molar-refractivity contribution in [3.63, 3.8) is 0 Å². The summed E-state index contributed by atoms with van der Waals surface area (Å²) in [6.07, 6.45) is 13.7. The van der Waals surface area contributed by atoms with E-state index in [1.807, 2.05) is 0 Å². The fourth-order valence-corrected chi connectivity index (χ4v) is 10.6. The molecule has 0 radical (unpaired) electrons. The lowest BCUT2D eigenvalue weighted by atomic mass is 9.34. The average Bonchev–Trinajstić information content (AvgIpc) is 2.73. The Morgan fingerprint density at radius 2 is 1.59 bits per heavy atom. The molecule has 0 aliphatic heterocycles. The highest BCUT2D eigenvalue weighted by atomic mass is 35.5. The maximum absolute atomic E-state index is 10.9. The molecule has 4 saturated carbocycles. The third-order valence-corrected chi connectivity index (χ3v) is 13.3. The minimum atomic E-state index is -0.378. The first kappa shape index (κ1) is 23.7. The van der Waals surface area contributed by atoms with E-state index in [9.17, 15) is 10.2 Å². The van der Waals surface area contributed by atoms with Gasteiger partial charge in [-0.15, -0.1) is 11.6 Å². The fraction of sp³-hybridized carbons (Fsp3) is 0.931. The van der Waals surface area contributed by atoms with Crippen molar-refractivity contribution in [2.24, 2.45) is 44.8 Å². The number of fused-ring (bicyclic) bond motifs is 7. The Morgan fingerprint density at radius 1 is 0.906 bits per heavy atom. The van der Waals surface area contributed by atoms with Crippen molar-refractivity contribution >= 4 is 11.6 Å². The summed E-state index contributed by atoms with van der Waals surface area (Å²) < 4.78 is 0. The van der Waals surface area contributed by atoms with Crippen molar-refractivity contribution in [1.29, 1.82) is 0 Å². The number of halogens is 1. The molecule has 0 aromatic heterocycles. The summed E-state index contributed by atoms with van der Waals surface area (Å²) in [5.74, 6) is 1.52. The van der Waals surface area contributed by atoms with Gasteiger partial charge in [-0.2, -0.15) is 0 Å². The molecule has 32 heavy (non-hydrogen) atoms. The number of allylic oxidation sites excluding steroid dienone is 2.